The van der Waals surface area contributed by atoms with Crippen LogP contribution in [-0.4, -0.2) is 72.9 Å². The summed E-state index contributed by atoms with van der Waals surface area (Å²) < 4.78 is 23.7. The van der Waals surface area contributed by atoms with E-state index in [9.17, 15) is 14.4 Å². The molecule has 7 rings (SSSR count). The standard InChI is InChI=1S/C40H48N2O8/c1-39(2)21-30-26(10-11-34-40(3,50-34)13-12-31(30)39)16-24-6-4-9-28(17-24)38(46)49-33-20-29(19-32-35(33)48-23-47-32)37(45)42-22-25-7-5-8-27(18-25)36(44)41-14-15-43/h4-9,16-19,30-35,43H,10-15,20-23H2,1-3H3,(H,41,44)(H,42,45). The number of benzene rings is 2. The first-order chi connectivity index (χ1) is 24.0. The van der Waals surface area contributed by atoms with Gasteiger partial charge in [0.05, 0.1) is 23.9 Å². The first-order valence-electron chi connectivity index (χ1n) is 17.9. The van der Waals surface area contributed by atoms with Gasteiger partial charge in [0.25, 0.3) is 5.91 Å². The number of esters is 1. The van der Waals surface area contributed by atoms with Gasteiger partial charge in [0, 0.05) is 30.6 Å². The van der Waals surface area contributed by atoms with Gasteiger partial charge in [-0.05, 0) is 97.7 Å². The SMILES string of the molecule is CC1(C)CC2C(=Cc3cccc(C(=O)OC4CC(C(=O)NCc5cccc(C(=O)NCCO)c5)=CC5OCOC54)c3)CCC3OC3(C)CCC21. The molecule has 2 saturated heterocycles. The second-order valence-corrected chi connectivity index (χ2v) is 15.3. The zero-order valence-corrected chi connectivity index (χ0v) is 29.1. The Morgan fingerprint density at radius 1 is 1.00 bits per heavy atom. The van der Waals surface area contributed by atoms with Crippen molar-refractivity contribution in [1.82, 2.24) is 10.6 Å². The summed E-state index contributed by atoms with van der Waals surface area (Å²) in [4.78, 5) is 39.2. The summed E-state index contributed by atoms with van der Waals surface area (Å²) in [5.41, 5.74) is 4.85. The Labute approximate surface area is 293 Å². The number of carbonyl (C=O) groups excluding carboxylic acids is 3. The van der Waals surface area contributed by atoms with E-state index in [0.29, 0.717) is 40.1 Å². The van der Waals surface area contributed by atoms with Crippen LogP contribution < -0.4 is 10.6 Å². The van der Waals surface area contributed by atoms with Crippen LogP contribution in [-0.2, 0) is 30.3 Å². The van der Waals surface area contributed by atoms with E-state index in [1.807, 2.05) is 24.3 Å². The molecule has 3 aliphatic carbocycles. The second kappa shape index (κ2) is 14.1. The molecule has 266 valence electrons. The number of aliphatic hydroxyl groups is 1. The van der Waals surface area contributed by atoms with Gasteiger partial charge >= 0.3 is 5.97 Å². The minimum atomic E-state index is -0.707. The topological polar surface area (TPSA) is 136 Å². The van der Waals surface area contributed by atoms with Crippen molar-refractivity contribution in [2.24, 2.45) is 17.3 Å². The molecule has 0 bridgehead atoms. The lowest BCUT2D eigenvalue weighted by Gasteiger charge is -2.53. The smallest absolute Gasteiger partial charge is 0.338 e. The Balaban J connectivity index is 1.01. The molecule has 4 fully saturated rings. The molecule has 7 unspecified atom stereocenters. The number of ether oxygens (including phenoxy) is 4. The molecule has 2 saturated carbocycles. The van der Waals surface area contributed by atoms with Crippen molar-refractivity contribution in [1.29, 1.82) is 0 Å². The molecule has 0 spiro atoms. The molecule has 2 amide bonds. The maximum Gasteiger partial charge on any atom is 0.338 e. The Morgan fingerprint density at radius 3 is 2.64 bits per heavy atom. The van der Waals surface area contributed by atoms with Crippen LogP contribution in [0.25, 0.3) is 6.08 Å². The lowest BCUT2D eigenvalue weighted by molar-refractivity contribution is -0.118. The Kier molecular flexibility index (Phi) is 9.73. The van der Waals surface area contributed by atoms with Gasteiger partial charge in [0.1, 0.15) is 25.1 Å². The van der Waals surface area contributed by atoms with Crippen LogP contribution in [0.5, 0.6) is 0 Å². The van der Waals surface area contributed by atoms with Gasteiger partial charge in [0.15, 0.2) is 0 Å². The number of epoxide rings is 1. The van der Waals surface area contributed by atoms with Crippen molar-refractivity contribution in [2.75, 3.05) is 19.9 Å². The summed E-state index contributed by atoms with van der Waals surface area (Å²) in [5.74, 6) is 0.0978. The molecule has 10 heteroatoms. The molecule has 3 N–H and O–H groups in total. The molecular formula is C40H48N2O8. The molecule has 0 aromatic heterocycles. The molecule has 50 heavy (non-hydrogen) atoms. The van der Waals surface area contributed by atoms with Gasteiger partial charge in [-0.25, -0.2) is 4.79 Å². The third-order valence-electron chi connectivity index (χ3n) is 11.5. The number of hydrogen-bond acceptors (Lipinski definition) is 8. The van der Waals surface area contributed by atoms with Crippen LogP contribution in [0.15, 0.2) is 65.8 Å². The number of hydrogen-bond donors (Lipinski definition) is 3. The average Bonchev–Trinajstić information content (AvgIpc) is 3.48. The summed E-state index contributed by atoms with van der Waals surface area (Å²) in [6.07, 6.45) is 8.29. The van der Waals surface area contributed by atoms with Crippen LogP contribution >= 0.6 is 0 Å². The summed E-state index contributed by atoms with van der Waals surface area (Å²) in [5, 5.41) is 14.5. The summed E-state index contributed by atoms with van der Waals surface area (Å²) in [7, 11) is 0. The largest absolute Gasteiger partial charge is 0.456 e. The molecule has 7 atom stereocenters. The van der Waals surface area contributed by atoms with Crippen molar-refractivity contribution in [3.05, 3.63) is 88.0 Å². The zero-order valence-electron chi connectivity index (χ0n) is 29.1. The molecule has 0 radical (unpaired) electrons. The van der Waals surface area contributed by atoms with Crippen LogP contribution in [0.2, 0.25) is 0 Å². The number of aliphatic hydroxyl groups excluding tert-OH is 1. The molecular weight excluding hydrogens is 636 g/mol. The normalized spacial score (nSPS) is 31.7. The fourth-order valence-electron chi connectivity index (χ4n) is 8.49. The number of rotatable bonds is 9. The summed E-state index contributed by atoms with van der Waals surface area (Å²) in [6.45, 7) is 7.28. The predicted octanol–water partition coefficient (Wildman–Crippen LogP) is 5.10. The highest BCUT2D eigenvalue weighted by molar-refractivity contribution is 5.95. The van der Waals surface area contributed by atoms with E-state index in [2.05, 4.69) is 37.5 Å². The summed E-state index contributed by atoms with van der Waals surface area (Å²) in [6, 6.07) is 14.5. The number of carbonyl (C=O) groups is 3. The van der Waals surface area contributed by atoms with Gasteiger partial charge in [-0.15, -0.1) is 0 Å². The molecule has 5 aliphatic rings. The van der Waals surface area contributed by atoms with Crippen LogP contribution in [0.1, 0.15) is 91.1 Å². The highest BCUT2D eigenvalue weighted by Crippen LogP contribution is 2.59. The van der Waals surface area contributed by atoms with Crippen LogP contribution in [0, 0.1) is 17.3 Å². The van der Waals surface area contributed by atoms with Crippen molar-refractivity contribution >= 4 is 23.9 Å². The van der Waals surface area contributed by atoms with Gasteiger partial charge in [0.2, 0.25) is 5.91 Å². The van der Waals surface area contributed by atoms with Crippen molar-refractivity contribution in [3.63, 3.8) is 0 Å². The zero-order chi connectivity index (χ0) is 35.0. The fourth-order valence-corrected chi connectivity index (χ4v) is 8.49. The van der Waals surface area contributed by atoms with Crippen LogP contribution in [0.4, 0.5) is 0 Å². The number of nitrogens with one attached hydrogen (secondary N) is 2. The van der Waals surface area contributed by atoms with E-state index in [1.165, 1.54) is 18.4 Å². The van der Waals surface area contributed by atoms with E-state index >= 15 is 0 Å². The first-order valence-corrected chi connectivity index (χ1v) is 17.9. The van der Waals surface area contributed by atoms with Gasteiger partial charge in [-0.2, -0.15) is 0 Å². The third kappa shape index (κ3) is 7.30. The number of allylic oxidation sites excluding steroid dienone is 1. The Hall–Kier alpha value is -3.83. The molecule has 10 nitrogen and oxygen atoms in total. The summed E-state index contributed by atoms with van der Waals surface area (Å²) >= 11 is 0. The minimum Gasteiger partial charge on any atom is -0.456 e. The lowest BCUT2D eigenvalue weighted by Crippen LogP contribution is -2.45. The number of amides is 2. The quantitative estimate of drug-likeness (QED) is 0.245. The average molecular weight is 685 g/mol. The second-order valence-electron chi connectivity index (χ2n) is 15.3. The molecule has 2 aliphatic heterocycles. The van der Waals surface area contributed by atoms with E-state index < -0.39 is 24.3 Å². The highest BCUT2D eigenvalue weighted by atomic mass is 16.7. The van der Waals surface area contributed by atoms with E-state index in [1.54, 1.807) is 30.3 Å². The monoisotopic (exact) mass is 684 g/mol. The Morgan fingerprint density at radius 2 is 1.82 bits per heavy atom. The highest BCUT2D eigenvalue weighted by Gasteiger charge is 2.56. The molecule has 2 heterocycles. The van der Waals surface area contributed by atoms with Gasteiger partial charge in [-0.3, -0.25) is 9.59 Å². The predicted molar refractivity (Wildman–Crippen MR) is 186 cm³/mol. The van der Waals surface area contributed by atoms with Gasteiger partial charge in [-0.1, -0.05) is 49.8 Å². The van der Waals surface area contributed by atoms with E-state index in [-0.39, 0.29) is 50.3 Å². The van der Waals surface area contributed by atoms with Crippen LogP contribution in [0.3, 0.4) is 0 Å². The maximum atomic E-state index is 13.6. The molecule has 2 aromatic carbocycles. The molecule has 2 aromatic rings. The third-order valence-corrected chi connectivity index (χ3v) is 11.5. The minimum absolute atomic E-state index is 0.0316. The Bertz CT molecular complexity index is 1700. The van der Waals surface area contributed by atoms with E-state index in [4.69, 9.17) is 24.1 Å². The van der Waals surface area contributed by atoms with Gasteiger partial charge < -0.3 is 34.7 Å². The maximum absolute atomic E-state index is 13.6. The van der Waals surface area contributed by atoms with E-state index in [0.717, 1.165) is 30.4 Å². The fraction of sp³-hybridized carbons (Fsp3) is 0.525. The number of fused-ring (bicyclic) bond motifs is 3. The first kappa shape index (κ1) is 34.6. The lowest BCUT2D eigenvalue weighted by atomic mass is 9.52. The van der Waals surface area contributed by atoms with Crippen molar-refractivity contribution in [2.45, 2.75) is 95.9 Å². The van der Waals surface area contributed by atoms with Crippen molar-refractivity contribution in [3.8, 4) is 0 Å². The van der Waals surface area contributed by atoms with Crippen molar-refractivity contribution < 1.29 is 38.4 Å².